The van der Waals surface area contributed by atoms with Gasteiger partial charge in [0.1, 0.15) is 4.90 Å². The van der Waals surface area contributed by atoms with Gasteiger partial charge in [-0.15, -0.1) is 0 Å². The maximum absolute atomic E-state index is 12.4. The van der Waals surface area contributed by atoms with Crippen molar-refractivity contribution >= 4 is 16.1 Å². The summed E-state index contributed by atoms with van der Waals surface area (Å²) in [6.45, 7) is 5.41. The molecule has 1 heterocycles. The molecule has 0 fully saturated rings. The molecule has 5 nitrogen and oxygen atoms in total. The molecule has 0 atom stereocenters. The lowest BCUT2D eigenvalue weighted by molar-refractivity contribution is -0.688. The van der Waals surface area contributed by atoms with Gasteiger partial charge in [-0.2, -0.15) is 0 Å². The van der Waals surface area contributed by atoms with Crippen molar-refractivity contribution in [1.29, 1.82) is 0 Å². The first-order chi connectivity index (χ1) is 12.5. The van der Waals surface area contributed by atoms with Gasteiger partial charge >= 0.3 is 0 Å². The lowest BCUT2D eigenvalue weighted by Crippen LogP contribution is -2.34. The highest BCUT2D eigenvalue weighted by molar-refractivity contribution is 7.89. The molecule has 0 aliphatic rings. The fraction of sp³-hybridized carbons (Fsp3) is 0.350. The Bertz CT molecular complexity index is 803. The standard InChI is InChI=1S/C20H27N2O3S/c1-18(2)25-16-8-13-21-26(23,24)20-12-7-15-22(17-20)14-6-11-19-9-4-3-5-10-19/h3-7,9-12,15,17-18,21H,8,13-14,16H2,1-2H3/q+1/b11-6-. The van der Waals surface area contributed by atoms with Crippen LogP contribution < -0.4 is 9.29 Å². The summed E-state index contributed by atoms with van der Waals surface area (Å²) in [6.07, 6.45) is 8.31. The third kappa shape index (κ3) is 7.07. The Morgan fingerprint density at radius 1 is 1.15 bits per heavy atom. The van der Waals surface area contributed by atoms with Crippen LogP contribution in [-0.4, -0.2) is 27.7 Å². The van der Waals surface area contributed by atoms with Gasteiger partial charge in [-0.05, 0) is 38.0 Å². The number of aromatic nitrogens is 1. The Morgan fingerprint density at radius 2 is 1.92 bits per heavy atom. The van der Waals surface area contributed by atoms with Gasteiger partial charge in [0.05, 0.1) is 6.10 Å². The van der Waals surface area contributed by atoms with Gasteiger partial charge in [0, 0.05) is 19.2 Å². The highest BCUT2D eigenvalue weighted by Crippen LogP contribution is 2.05. The molecular formula is C20H27N2O3S+. The zero-order chi connectivity index (χ0) is 18.8. The zero-order valence-electron chi connectivity index (χ0n) is 15.3. The van der Waals surface area contributed by atoms with E-state index in [-0.39, 0.29) is 11.0 Å². The highest BCUT2D eigenvalue weighted by Gasteiger charge is 2.16. The molecule has 1 aromatic carbocycles. The molecule has 0 aliphatic heterocycles. The molecule has 1 aromatic heterocycles. The summed E-state index contributed by atoms with van der Waals surface area (Å²) in [4.78, 5) is 0.262. The third-order valence-corrected chi connectivity index (χ3v) is 5.08. The van der Waals surface area contributed by atoms with Gasteiger partial charge in [-0.1, -0.05) is 36.4 Å². The van der Waals surface area contributed by atoms with E-state index in [1.54, 1.807) is 18.3 Å². The highest BCUT2D eigenvalue weighted by atomic mass is 32.2. The number of rotatable bonds is 10. The van der Waals surface area contributed by atoms with E-state index >= 15 is 0 Å². The number of sulfonamides is 1. The van der Waals surface area contributed by atoms with Gasteiger partial charge in [-0.25, -0.2) is 17.7 Å². The number of ether oxygens (including phenoxy) is 1. The van der Waals surface area contributed by atoms with E-state index < -0.39 is 10.0 Å². The van der Waals surface area contributed by atoms with E-state index in [4.69, 9.17) is 4.74 Å². The Morgan fingerprint density at radius 3 is 2.65 bits per heavy atom. The molecule has 1 N–H and O–H groups in total. The normalized spacial score (nSPS) is 12.1. The number of nitrogens with zero attached hydrogens (tertiary/aromatic N) is 1. The Balaban J connectivity index is 1.91. The zero-order valence-corrected chi connectivity index (χ0v) is 16.2. The Labute approximate surface area is 156 Å². The van der Waals surface area contributed by atoms with Crippen molar-refractivity contribution in [3.05, 3.63) is 66.5 Å². The minimum atomic E-state index is -3.51. The molecule has 0 saturated carbocycles. The van der Waals surface area contributed by atoms with E-state index in [0.717, 1.165) is 5.56 Å². The molecule has 2 aromatic rings. The van der Waals surface area contributed by atoms with Crippen LogP contribution in [0.5, 0.6) is 0 Å². The maximum Gasteiger partial charge on any atom is 0.246 e. The number of hydrogen-bond acceptors (Lipinski definition) is 3. The summed E-state index contributed by atoms with van der Waals surface area (Å²) in [5, 5.41) is 0. The van der Waals surface area contributed by atoms with E-state index in [1.807, 2.05) is 67.1 Å². The van der Waals surface area contributed by atoms with Crippen LogP contribution in [0.1, 0.15) is 25.8 Å². The van der Waals surface area contributed by atoms with Gasteiger partial charge in [0.25, 0.3) is 0 Å². The van der Waals surface area contributed by atoms with E-state index in [2.05, 4.69) is 4.72 Å². The summed E-state index contributed by atoms with van der Waals surface area (Å²) in [5.41, 5.74) is 1.11. The lowest BCUT2D eigenvalue weighted by atomic mass is 10.2. The average Bonchev–Trinajstić information content (AvgIpc) is 2.62. The molecule has 0 unspecified atom stereocenters. The van der Waals surface area contributed by atoms with Gasteiger partial charge in [0.2, 0.25) is 10.0 Å². The predicted molar refractivity (Wildman–Crippen MR) is 103 cm³/mol. The van der Waals surface area contributed by atoms with E-state index in [0.29, 0.717) is 26.1 Å². The molecule has 2 rings (SSSR count). The van der Waals surface area contributed by atoms with Crippen LogP contribution in [0.15, 0.2) is 65.8 Å². The second-order valence-electron chi connectivity index (χ2n) is 6.22. The maximum atomic E-state index is 12.4. The molecule has 0 bridgehead atoms. The molecule has 140 valence electrons. The first-order valence-electron chi connectivity index (χ1n) is 8.79. The molecule has 6 heteroatoms. The summed E-state index contributed by atoms with van der Waals surface area (Å²) in [6, 6.07) is 13.3. The first kappa shape index (κ1) is 20.3. The second kappa shape index (κ2) is 10.2. The summed E-state index contributed by atoms with van der Waals surface area (Å²) in [5.74, 6) is 0. The van der Waals surface area contributed by atoms with Crippen LogP contribution in [0.25, 0.3) is 6.08 Å². The first-order valence-corrected chi connectivity index (χ1v) is 10.3. The number of nitrogens with one attached hydrogen (secondary N) is 1. The van der Waals surface area contributed by atoms with Crippen molar-refractivity contribution in [1.82, 2.24) is 4.72 Å². The average molecular weight is 376 g/mol. The predicted octanol–water partition coefficient (Wildman–Crippen LogP) is 2.78. The fourth-order valence-corrected chi connectivity index (χ4v) is 3.44. The fourth-order valence-electron chi connectivity index (χ4n) is 2.33. The molecule has 0 radical (unpaired) electrons. The largest absolute Gasteiger partial charge is 0.379 e. The van der Waals surface area contributed by atoms with Gasteiger partial charge in [-0.3, -0.25) is 0 Å². The molecule has 0 spiro atoms. The summed E-state index contributed by atoms with van der Waals surface area (Å²) < 4.78 is 34.7. The summed E-state index contributed by atoms with van der Waals surface area (Å²) >= 11 is 0. The SMILES string of the molecule is CC(C)OCCCNS(=O)(=O)c1ccc[n+](C/C=C\c2ccccc2)c1. The minimum absolute atomic E-state index is 0.156. The topological polar surface area (TPSA) is 59.3 Å². The Hall–Kier alpha value is -2.02. The second-order valence-corrected chi connectivity index (χ2v) is 7.99. The van der Waals surface area contributed by atoms with E-state index in [1.165, 1.54) is 0 Å². The van der Waals surface area contributed by atoms with Crippen molar-refractivity contribution in [3.63, 3.8) is 0 Å². The molecule has 0 amide bonds. The van der Waals surface area contributed by atoms with Crippen molar-refractivity contribution in [2.45, 2.75) is 37.8 Å². The molecule has 0 aliphatic carbocycles. The number of hydrogen-bond donors (Lipinski definition) is 1. The van der Waals surface area contributed by atoms with Crippen LogP contribution in [0.2, 0.25) is 0 Å². The van der Waals surface area contributed by atoms with Crippen LogP contribution in [0.4, 0.5) is 0 Å². The molecular weight excluding hydrogens is 348 g/mol. The van der Waals surface area contributed by atoms with Crippen molar-refractivity contribution in [2.24, 2.45) is 0 Å². The van der Waals surface area contributed by atoms with E-state index in [9.17, 15) is 8.42 Å². The van der Waals surface area contributed by atoms with Crippen molar-refractivity contribution in [3.8, 4) is 0 Å². The summed E-state index contributed by atoms with van der Waals surface area (Å²) in [7, 11) is -3.51. The van der Waals surface area contributed by atoms with Gasteiger partial charge < -0.3 is 4.74 Å². The molecule has 0 saturated heterocycles. The van der Waals surface area contributed by atoms with Crippen LogP contribution in [-0.2, 0) is 21.3 Å². The monoisotopic (exact) mass is 375 g/mol. The van der Waals surface area contributed by atoms with Crippen molar-refractivity contribution < 1.29 is 17.7 Å². The van der Waals surface area contributed by atoms with Crippen molar-refractivity contribution in [2.75, 3.05) is 13.2 Å². The minimum Gasteiger partial charge on any atom is -0.379 e. The number of pyridine rings is 1. The lowest BCUT2D eigenvalue weighted by Gasteiger charge is -2.08. The molecule has 26 heavy (non-hydrogen) atoms. The quantitative estimate of drug-likeness (QED) is 0.513. The van der Waals surface area contributed by atoms with Crippen LogP contribution in [0, 0.1) is 0 Å². The smallest absolute Gasteiger partial charge is 0.246 e. The third-order valence-electron chi connectivity index (χ3n) is 3.63. The number of benzene rings is 1. The van der Waals surface area contributed by atoms with Crippen LogP contribution >= 0.6 is 0 Å². The number of allylic oxidation sites excluding steroid dienone is 1. The van der Waals surface area contributed by atoms with Crippen LogP contribution in [0.3, 0.4) is 0 Å². The van der Waals surface area contributed by atoms with Gasteiger partial charge in [0.15, 0.2) is 18.9 Å². The Kier molecular flexibility index (Phi) is 7.97.